The lowest BCUT2D eigenvalue weighted by Gasteiger charge is -2.16. The van der Waals surface area contributed by atoms with Crippen molar-refractivity contribution in [2.24, 2.45) is 4.99 Å². The fourth-order valence-corrected chi connectivity index (χ4v) is 1.49. The molecule has 0 spiro atoms. The molecule has 1 aromatic rings. The zero-order valence-electron chi connectivity index (χ0n) is 11.5. The van der Waals surface area contributed by atoms with Gasteiger partial charge in [-0.2, -0.15) is 5.26 Å². The Hall–Kier alpha value is -2.09. The van der Waals surface area contributed by atoms with Crippen LogP contribution in [0.25, 0.3) is 0 Å². The normalized spacial score (nSPS) is 12.7. The zero-order valence-corrected chi connectivity index (χ0v) is 11.5. The molecule has 102 valence electrons. The van der Waals surface area contributed by atoms with Gasteiger partial charge in [-0.15, -0.1) is 0 Å². The maximum atomic E-state index is 13.6. The summed E-state index contributed by atoms with van der Waals surface area (Å²) in [5.74, 6) is 0.293. The Morgan fingerprint density at radius 1 is 1.53 bits per heavy atom. The van der Waals surface area contributed by atoms with Gasteiger partial charge in [0, 0.05) is 25.2 Å². The molecule has 0 saturated heterocycles. The van der Waals surface area contributed by atoms with Gasteiger partial charge in [0.05, 0.1) is 11.6 Å². The van der Waals surface area contributed by atoms with E-state index in [1.807, 2.05) is 13.0 Å². The Morgan fingerprint density at radius 2 is 2.26 bits per heavy atom. The quantitative estimate of drug-likeness (QED) is 0.645. The number of hydrogen-bond donors (Lipinski definition) is 2. The largest absolute Gasteiger partial charge is 0.354 e. The number of nitrogens with one attached hydrogen (secondary N) is 2. The minimum atomic E-state index is -0.328. The second-order valence-corrected chi connectivity index (χ2v) is 4.30. The molecule has 1 atom stereocenters. The number of nitrogens with zero attached hydrogens (tertiary/aromatic N) is 2. The predicted octanol–water partition coefficient (Wildman–Crippen LogP) is 2.16. The van der Waals surface area contributed by atoms with Gasteiger partial charge in [0.15, 0.2) is 5.96 Å². The summed E-state index contributed by atoms with van der Waals surface area (Å²) >= 11 is 0. The predicted molar refractivity (Wildman–Crippen MR) is 74.2 cm³/mol. The third-order valence-electron chi connectivity index (χ3n) is 2.84. The van der Waals surface area contributed by atoms with Crippen LogP contribution in [0.2, 0.25) is 0 Å². The molecule has 0 heterocycles. The summed E-state index contributed by atoms with van der Waals surface area (Å²) in [5.41, 5.74) is 0.897. The third kappa shape index (κ3) is 4.59. The number of guanidine groups is 1. The molecule has 4 nitrogen and oxygen atoms in total. The summed E-state index contributed by atoms with van der Waals surface area (Å²) < 4.78 is 13.6. The number of benzene rings is 1. The van der Waals surface area contributed by atoms with Crippen molar-refractivity contribution in [3.8, 4) is 6.07 Å². The van der Waals surface area contributed by atoms with Crippen molar-refractivity contribution >= 4 is 5.96 Å². The number of halogens is 1. The third-order valence-corrected chi connectivity index (χ3v) is 2.84. The van der Waals surface area contributed by atoms with Crippen LogP contribution in [0.5, 0.6) is 0 Å². The van der Waals surface area contributed by atoms with Gasteiger partial charge >= 0.3 is 0 Å². The highest BCUT2D eigenvalue weighted by atomic mass is 19.1. The number of hydrogen-bond acceptors (Lipinski definition) is 2. The Bertz CT molecular complexity index is 491. The fraction of sp³-hybridized carbons (Fsp3) is 0.429. The maximum absolute atomic E-state index is 13.6. The fourth-order valence-electron chi connectivity index (χ4n) is 1.49. The number of rotatable bonds is 4. The van der Waals surface area contributed by atoms with Gasteiger partial charge in [0.1, 0.15) is 5.82 Å². The first-order valence-electron chi connectivity index (χ1n) is 6.26. The number of aliphatic imine (C=N–C) groups is 1. The second kappa shape index (κ2) is 7.37. The van der Waals surface area contributed by atoms with Gasteiger partial charge in [0.25, 0.3) is 0 Å². The summed E-state index contributed by atoms with van der Waals surface area (Å²) in [6.07, 6.45) is 0.971. The monoisotopic (exact) mass is 262 g/mol. The van der Waals surface area contributed by atoms with Crippen LogP contribution in [0.15, 0.2) is 23.2 Å². The van der Waals surface area contributed by atoms with Crippen molar-refractivity contribution in [3.63, 3.8) is 0 Å². The maximum Gasteiger partial charge on any atom is 0.191 e. The SMILES string of the molecule is CCC(C)NC(=NC)NCc1cc(C#N)ccc1F. The van der Waals surface area contributed by atoms with E-state index in [0.29, 0.717) is 23.1 Å². The Morgan fingerprint density at radius 3 is 2.84 bits per heavy atom. The molecule has 1 aromatic carbocycles. The Labute approximate surface area is 113 Å². The average molecular weight is 262 g/mol. The van der Waals surface area contributed by atoms with Crippen LogP contribution in [0.1, 0.15) is 31.4 Å². The lowest BCUT2D eigenvalue weighted by Crippen LogP contribution is -2.41. The van der Waals surface area contributed by atoms with E-state index >= 15 is 0 Å². The highest BCUT2D eigenvalue weighted by Crippen LogP contribution is 2.09. The van der Waals surface area contributed by atoms with Crippen molar-refractivity contribution in [2.75, 3.05) is 7.05 Å². The molecule has 0 bridgehead atoms. The summed E-state index contributed by atoms with van der Waals surface area (Å²) in [6.45, 7) is 4.40. The van der Waals surface area contributed by atoms with Gasteiger partial charge in [-0.25, -0.2) is 4.39 Å². The molecule has 1 unspecified atom stereocenters. The van der Waals surface area contributed by atoms with Gasteiger partial charge in [-0.1, -0.05) is 6.92 Å². The van der Waals surface area contributed by atoms with Gasteiger partial charge in [-0.05, 0) is 31.5 Å². The van der Waals surface area contributed by atoms with Crippen molar-refractivity contribution in [3.05, 3.63) is 35.1 Å². The molecule has 5 heteroatoms. The lowest BCUT2D eigenvalue weighted by atomic mass is 10.1. The van der Waals surface area contributed by atoms with Gasteiger partial charge in [-0.3, -0.25) is 4.99 Å². The van der Waals surface area contributed by atoms with Crippen molar-refractivity contribution in [1.82, 2.24) is 10.6 Å². The second-order valence-electron chi connectivity index (χ2n) is 4.30. The topological polar surface area (TPSA) is 60.2 Å². The molecule has 0 aliphatic heterocycles. The molecule has 0 radical (unpaired) electrons. The van der Waals surface area contributed by atoms with Gasteiger partial charge in [0.2, 0.25) is 0 Å². The van der Waals surface area contributed by atoms with Crippen molar-refractivity contribution in [2.45, 2.75) is 32.9 Å². The molecule has 0 saturated carbocycles. The zero-order chi connectivity index (χ0) is 14.3. The van der Waals surface area contributed by atoms with E-state index < -0.39 is 0 Å². The minimum Gasteiger partial charge on any atom is -0.354 e. The summed E-state index contributed by atoms with van der Waals surface area (Å²) in [4.78, 5) is 4.07. The molecule has 19 heavy (non-hydrogen) atoms. The first-order valence-corrected chi connectivity index (χ1v) is 6.26. The highest BCUT2D eigenvalue weighted by molar-refractivity contribution is 5.79. The molecule has 0 fully saturated rings. The van der Waals surface area contributed by atoms with E-state index in [1.54, 1.807) is 13.1 Å². The van der Waals surface area contributed by atoms with E-state index in [0.717, 1.165) is 6.42 Å². The highest BCUT2D eigenvalue weighted by Gasteiger charge is 2.06. The molecule has 0 amide bonds. The molecule has 2 N–H and O–H groups in total. The van der Waals surface area contributed by atoms with E-state index in [2.05, 4.69) is 22.5 Å². The molecule has 0 aliphatic carbocycles. The molecular weight excluding hydrogens is 243 g/mol. The first-order chi connectivity index (χ1) is 9.10. The molecule has 0 aliphatic rings. The summed E-state index contributed by atoms with van der Waals surface area (Å²) in [7, 11) is 1.67. The summed E-state index contributed by atoms with van der Waals surface area (Å²) in [6, 6.07) is 6.60. The van der Waals surface area contributed by atoms with E-state index in [9.17, 15) is 4.39 Å². The van der Waals surface area contributed by atoms with Crippen LogP contribution in [-0.4, -0.2) is 19.0 Å². The first kappa shape index (κ1) is 15.0. The van der Waals surface area contributed by atoms with E-state index in [1.165, 1.54) is 12.1 Å². The average Bonchev–Trinajstić information content (AvgIpc) is 2.44. The molecular formula is C14H19FN4. The van der Waals surface area contributed by atoms with Crippen LogP contribution < -0.4 is 10.6 Å². The van der Waals surface area contributed by atoms with E-state index in [-0.39, 0.29) is 12.4 Å². The molecule has 1 rings (SSSR count). The Kier molecular flexibility index (Phi) is 5.80. The van der Waals surface area contributed by atoms with E-state index in [4.69, 9.17) is 5.26 Å². The van der Waals surface area contributed by atoms with Crippen LogP contribution in [0.4, 0.5) is 4.39 Å². The minimum absolute atomic E-state index is 0.289. The van der Waals surface area contributed by atoms with Crippen LogP contribution in [0.3, 0.4) is 0 Å². The smallest absolute Gasteiger partial charge is 0.191 e. The van der Waals surface area contributed by atoms with Crippen molar-refractivity contribution in [1.29, 1.82) is 5.26 Å². The van der Waals surface area contributed by atoms with Crippen molar-refractivity contribution < 1.29 is 4.39 Å². The standard InChI is InChI=1S/C14H19FN4/c1-4-10(2)19-14(17-3)18-9-12-7-11(8-16)5-6-13(12)15/h5-7,10H,4,9H2,1-3H3,(H2,17,18,19). The molecule has 0 aromatic heterocycles. The van der Waals surface area contributed by atoms with Crippen LogP contribution in [0, 0.1) is 17.1 Å². The number of nitriles is 1. The Balaban J connectivity index is 2.68. The van der Waals surface area contributed by atoms with Crippen LogP contribution in [-0.2, 0) is 6.54 Å². The van der Waals surface area contributed by atoms with Gasteiger partial charge < -0.3 is 10.6 Å². The van der Waals surface area contributed by atoms with Crippen LogP contribution >= 0.6 is 0 Å². The lowest BCUT2D eigenvalue weighted by molar-refractivity contribution is 0.597. The summed E-state index contributed by atoms with van der Waals surface area (Å²) in [5, 5.41) is 15.0.